The van der Waals surface area contributed by atoms with E-state index >= 15 is 0 Å². The molecule has 1 unspecified atom stereocenters. The van der Waals surface area contributed by atoms with Gasteiger partial charge >= 0.3 is 0 Å². The van der Waals surface area contributed by atoms with Gasteiger partial charge in [0, 0.05) is 24.4 Å². The van der Waals surface area contributed by atoms with Crippen molar-refractivity contribution in [1.82, 2.24) is 10.3 Å². The summed E-state index contributed by atoms with van der Waals surface area (Å²) in [5.74, 6) is 2.36. The molecular formula is C14H26N2O. The Morgan fingerprint density at radius 2 is 2.12 bits per heavy atom. The van der Waals surface area contributed by atoms with E-state index in [4.69, 9.17) is 4.42 Å². The molecule has 0 aliphatic heterocycles. The molecule has 3 heteroatoms. The molecule has 0 radical (unpaired) electrons. The van der Waals surface area contributed by atoms with E-state index in [2.05, 4.69) is 44.9 Å². The molecule has 0 aliphatic rings. The van der Waals surface area contributed by atoms with Crippen LogP contribution in [0.5, 0.6) is 0 Å². The molecule has 1 aromatic rings. The van der Waals surface area contributed by atoms with Crippen LogP contribution in [0.2, 0.25) is 0 Å². The lowest BCUT2D eigenvalue weighted by atomic mass is 10.0. The summed E-state index contributed by atoms with van der Waals surface area (Å²) >= 11 is 0. The van der Waals surface area contributed by atoms with Crippen molar-refractivity contribution in [2.45, 2.75) is 65.3 Å². The van der Waals surface area contributed by atoms with Crippen LogP contribution in [0.4, 0.5) is 0 Å². The van der Waals surface area contributed by atoms with Crippen molar-refractivity contribution < 1.29 is 4.42 Å². The second kappa shape index (κ2) is 6.20. The van der Waals surface area contributed by atoms with E-state index in [1.807, 2.05) is 6.20 Å². The number of oxazole rings is 1. The second-order valence-corrected chi connectivity index (χ2v) is 5.77. The average molecular weight is 238 g/mol. The Morgan fingerprint density at radius 3 is 2.71 bits per heavy atom. The Morgan fingerprint density at radius 1 is 1.41 bits per heavy atom. The van der Waals surface area contributed by atoms with Crippen LogP contribution in [-0.2, 0) is 6.42 Å². The first-order chi connectivity index (χ1) is 7.92. The fourth-order valence-corrected chi connectivity index (χ4v) is 1.79. The minimum absolute atomic E-state index is 0.158. The van der Waals surface area contributed by atoms with E-state index in [9.17, 15) is 0 Å². The lowest BCUT2D eigenvalue weighted by molar-refractivity contribution is 0.391. The van der Waals surface area contributed by atoms with E-state index < -0.39 is 0 Å². The van der Waals surface area contributed by atoms with Crippen LogP contribution in [0, 0.1) is 0 Å². The van der Waals surface area contributed by atoms with E-state index in [0.717, 1.165) is 31.0 Å². The third-order valence-corrected chi connectivity index (χ3v) is 2.77. The van der Waals surface area contributed by atoms with E-state index in [-0.39, 0.29) is 5.54 Å². The summed E-state index contributed by atoms with van der Waals surface area (Å²) in [5, 5.41) is 3.43. The summed E-state index contributed by atoms with van der Waals surface area (Å²) < 4.78 is 5.76. The SMILES string of the molecule is CCCC(C)c1cnc(CCNC(C)(C)C)o1. The lowest BCUT2D eigenvalue weighted by Crippen LogP contribution is -2.37. The molecule has 98 valence electrons. The number of nitrogens with zero attached hydrogens (tertiary/aromatic N) is 1. The number of hydrogen-bond donors (Lipinski definition) is 1. The van der Waals surface area contributed by atoms with Crippen LogP contribution >= 0.6 is 0 Å². The van der Waals surface area contributed by atoms with Gasteiger partial charge in [0.2, 0.25) is 0 Å². The highest BCUT2D eigenvalue weighted by Crippen LogP contribution is 2.21. The summed E-state index contributed by atoms with van der Waals surface area (Å²) in [6.45, 7) is 11.8. The van der Waals surface area contributed by atoms with Gasteiger partial charge in [-0.3, -0.25) is 0 Å². The predicted molar refractivity (Wildman–Crippen MR) is 71.3 cm³/mol. The van der Waals surface area contributed by atoms with Gasteiger partial charge in [-0.1, -0.05) is 20.3 Å². The van der Waals surface area contributed by atoms with Gasteiger partial charge in [-0.05, 0) is 27.2 Å². The maximum absolute atomic E-state index is 5.76. The quantitative estimate of drug-likeness (QED) is 0.824. The van der Waals surface area contributed by atoms with Crippen molar-refractivity contribution in [2.75, 3.05) is 6.54 Å². The zero-order valence-corrected chi connectivity index (χ0v) is 11.8. The van der Waals surface area contributed by atoms with Crippen LogP contribution < -0.4 is 5.32 Å². The molecule has 0 saturated carbocycles. The highest BCUT2D eigenvalue weighted by atomic mass is 16.4. The highest BCUT2D eigenvalue weighted by Gasteiger charge is 2.12. The summed E-state index contributed by atoms with van der Waals surface area (Å²) in [6, 6.07) is 0. The maximum Gasteiger partial charge on any atom is 0.195 e. The number of rotatable bonds is 6. The summed E-state index contributed by atoms with van der Waals surface area (Å²) in [7, 11) is 0. The molecule has 0 saturated heterocycles. The monoisotopic (exact) mass is 238 g/mol. The van der Waals surface area contributed by atoms with Gasteiger partial charge in [-0.15, -0.1) is 0 Å². The largest absolute Gasteiger partial charge is 0.445 e. The smallest absolute Gasteiger partial charge is 0.195 e. The van der Waals surface area contributed by atoms with E-state index in [0.29, 0.717) is 5.92 Å². The van der Waals surface area contributed by atoms with Crippen LogP contribution in [0.15, 0.2) is 10.6 Å². The van der Waals surface area contributed by atoms with Crippen molar-refractivity contribution in [2.24, 2.45) is 0 Å². The van der Waals surface area contributed by atoms with Gasteiger partial charge < -0.3 is 9.73 Å². The zero-order chi connectivity index (χ0) is 12.9. The van der Waals surface area contributed by atoms with Gasteiger partial charge in [0.1, 0.15) is 5.76 Å². The minimum Gasteiger partial charge on any atom is -0.445 e. The summed E-state index contributed by atoms with van der Waals surface area (Å²) in [6.07, 6.45) is 5.08. The molecule has 0 bridgehead atoms. The van der Waals surface area contributed by atoms with E-state index in [1.54, 1.807) is 0 Å². The Balaban J connectivity index is 2.40. The third kappa shape index (κ3) is 5.35. The molecule has 0 aliphatic carbocycles. The third-order valence-electron chi connectivity index (χ3n) is 2.77. The lowest BCUT2D eigenvalue weighted by Gasteiger charge is -2.19. The van der Waals surface area contributed by atoms with Gasteiger partial charge in [0.05, 0.1) is 6.20 Å². The molecule has 0 aromatic carbocycles. The van der Waals surface area contributed by atoms with Crippen LogP contribution in [0.1, 0.15) is 65.0 Å². The molecule has 17 heavy (non-hydrogen) atoms. The molecule has 1 atom stereocenters. The molecule has 1 aromatic heterocycles. The fourth-order valence-electron chi connectivity index (χ4n) is 1.79. The normalized spacial score (nSPS) is 13.9. The molecule has 0 spiro atoms. The number of hydrogen-bond acceptors (Lipinski definition) is 3. The van der Waals surface area contributed by atoms with E-state index in [1.165, 1.54) is 6.42 Å². The van der Waals surface area contributed by atoms with Gasteiger partial charge in [0.25, 0.3) is 0 Å². The van der Waals surface area contributed by atoms with Gasteiger partial charge in [-0.2, -0.15) is 0 Å². The van der Waals surface area contributed by atoms with Crippen molar-refractivity contribution in [3.05, 3.63) is 17.8 Å². The molecule has 1 heterocycles. The predicted octanol–water partition coefficient (Wildman–Crippen LogP) is 3.51. The Kier molecular flexibility index (Phi) is 5.19. The van der Waals surface area contributed by atoms with Crippen molar-refractivity contribution in [3.8, 4) is 0 Å². The van der Waals surface area contributed by atoms with Crippen molar-refractivity contribution >= 4 is 0 Å². The molecule has 1 rings (SSSR count). The molecule has 1 N–H and O–H groups in total. The minimum atomic E-state index is 0.158. The second-order valence-electron chi connectivity index (χ2n) is 5.77. The average Bonchev–Trinajstić information content (AvgIpc) is 2.65. The van der Waals surface area contributed by atoms with Gasteiger partial charge in [-0.25, -0.2) is 4.98 Å². The van der Waals surface area contributed by atoms with Crippen molar-refractivity contribution in [3.63, 3.8) is 0 Å². The first kappa shape index (κ1) is 14.2. The highest BCUT2D eigenvalue weighted by molar-refractivity contribution is 5.00. The topological polar surface area (TPSA) is 38.1 Å². The first-order valence-electron chi connectivity index (χ1n) is 6.62. The Labute approximate surface area is 105 Å². The molecule has 0 amide bonds. The molecule has 3 nitrogen and oxygen atoms in total. The summed E-state index contributed by atoms with van der Waals surface area (Å²) in [5.41, 5.74) is 0.158. The van der Waals surface area contributed by atoms with Crippen molar-refractivity contribution in [1.29, 1.82) is 0 Å². The Bertz CT molecular complexity index is 325. The number of nitrogens with one attached hydrogen (secondary N) is 1. The zero-order valence-electron chi connectivity index (χ0n) is 11.8. The van der Waals surface area contributed by atoms with Crippen LogP contribution in [-0.4, -0.2) is 17.1 Å². The number of aromatic nitrogens is 1. The molecular weight excluding hydrogens is 212 g/mol. The van der Waals surface area contributed by atoms with Crippen LogP contribution in [0.25, 0.3) is 0 Å². The standard InChI is InChI=1S/C14H26N2O/c1-6-7-11(2)12-10-15-13(17-12)8-9-16-14(3,4)5/h10-11,16H,6-9H2,1-5H3. The van der Waals surface area contributed by atoms with Gasteiger partial charge in [0.15, 0.2) is 5.89 Å². The maximum atomic E-state index is 5.76. The Hall–Kier alpha value is -0.830. The molecule has 0 fully saturated rings. The fraction of sp³-hybridized carbons (Fsp3) is 0.786. The first-order valence-corrected chi connectivity index (χ1v) is 6.62. The van der Waals surface area contributed by atoms with Crippen LogP contribution in [0.3, 0.4) is 0 Å². The summed E-state index contributed by atoms with van der Waals surface area (Å²) in [4.78, 5) is 4.33.